The van der Waals surface area contributed by atoms with Crippen LogP contribution < -0.4 is 20.1 Å². The van der Waals surface area contributed by atoms with Gasteiger partial charge in [-0.3, -0.25) is 4.79 Å². The number of aromatic nitrogens is 2. The highest BCUT2D eigenvalue weighted by Crippen LogP contribution is 2.30. The Morgan fingerprint density at radius 3 is 2.38 bits per heavy atom. The Hall–Kier alpha value is -3.77. The van der Waals surface area contributed by atoms with Gasteiger partial charge in [0.2, 0.25) is 27.8 Å². The van der Waals surface area contributed by atoms with E-state index in [1.54, 1.807) is 0 Å². The number of anilines is 1. The first kappa shape index (κ1) is 24.9. The van der Waals surface area contributed by atoms with Crippen molar-refractivity contribution in [2.75, 3.05) is 19.5 Å². The van der Waals surface area contributed by atoms with E-state index in [0.29, 0.717) is 12.1 Å². The molecule has 0 spiro atoms. The van der Waals surface area contributed by atoms with Crippen LogP contribution in [-0.4, -0.2) is 43.6 Å². The molecule has 0 atom stereocenters. The van der Waals surface area contributed by atoms with Crippen molar-refractivity contribution in [3.8, 4) is 11.9 Å². The van der Waals surface area contributed by atoms with E-state index in [2.05, 4.69) is 25.3 Å². The summed E-state index contributed by atoms with van der Waals surface area (Å²) in [6.07, 6.45) is 0.874. The molecular formula is C22H22N5O5S2-. The Morgan fingerprint density at radius 1 is 1.03 bits per heavy atom. The molecule has 2 N–H and O–H groups in total. The summed E-state index contributed by atoms with van der Waals surface area (Å²) in [5, 5.41) is 5.56. The van der Waals surface area contributed by atoms with Crippen LogP contribution in [0.2, 0.25) is 0 Å². The van der Waals surface area contributed by atoms with Gasteiger partial charge in [-0.2, -0.15) is 4.98 Å². The van der Waals surface area contributed by atoms with Crippen LogP contribution in [0, 0.1) is 0 Å². The number of hydrogen-bond acceptors (Lipinski definition) is 8. The van der Waals surface area contributed by atoms with Gasteiger partial charge in [0.25, 0.3) is 0 Å². The van der Waals surface area contributed by atoms with Gasteiger partial charge in [0.15, 0.2) is 5.11 Å². The van der Waals surface area contributed by atoms with Gasteiger partial charge in [0.05, 0.1) is 19.1 Å². The summed E-state index contributed by atoms with van der Waals surface area (Å²) in [4.78, 5) is 19.8. The number of ether oxygens (including phenoxy) is 2. The maximum Gasteiger partial charge on any atom is 0.226 e. The van der Waals surface area contributed by atoms with E-state index in [9.17, 15) is 13.2 Å². The molecule has 3 aromatic rings. The fourth-order valence-corrected chi connectivity index (χ4v) is 3.93. The minimum atomic E-state index is -4.07. The predicted molar refractivity (Wildman–Crippen MR) is 131 cm³/mol. The number of carbonyl (C=O) groups is 1. The number of hydrogen-bond donors (Lipinski definition) is 2. The zero-order valence-corrected chi connectivity index (χ0v) is 20.0. The second kappa shape index (κ2) is 11.4. The first-order valence-corrected chi connectivity index (χ1v) is 11.8. The van der Waals surface area contributed by atoms with Crippen LogP contribution in [0.4, 0.5) is 11.5 Å². The Bertz CT molecular complexity index is 1230. The van der Waals surface area contributed by atoms with Crippen LogP contribution in [0.25, 0.3) is 4.72 Å². The normalized spacial score (nSPS) is 10.8. The predicted octanol–water partition coefficient (Wildman–Crippen LogP) is 3.33. The molecule has 10 nitrogen and oxygen atoms in total. The molecule has 0 fully saturated rings. The largest absolute Gasteiger partial charge is 0.483 e. The average Bonchev–Trinajstić information content (AvgIpc) is 2.83. The molecule has 1 amide bonds. The van der Waals surface area contributed by atoms with E-state index in [0.717, 1.165) is 5.56 Å². The number of amides is 1. The molecule has 2 aromatic carbocycles. The van der Waals surface area contributed by atoms with Gasteiger partial charge >= 0.3 is 0 Å². The lowest BCUT2D eigenvalue weighted by Crippen LogP contribution is -2.34. The van der Waals surface area contributed by atoms with Crippen molar-refractivity contribution in [3.05, 3.63) is 70.9 Å². The summed E-state index contributed by atoms with van der Waals surface area (Å²) in [7, 11) is -1.35. The van der Waals surface area contributed by atoms with E-state index >= 15 is 0 Å². The third-order valence-corrected chi connectivity index (χ3v) is 5.92. The van der Waals surface area contributed by atoms with Crippen LogP contribution in [0.1, 0.15) is 12.0 Å². The molecule has 0 radical (unpaired) electrons. The molecule has 0 saturated heterocycles. The van der Waals surface area contributed by atoms with Gasteiger partial charge in [-0.15, -0.1) is 0 Å². The first-order chi connectivity index (χ1) is 16.3. The standard InChI is InChI=1S/C22H23N5O5S2/c1-31-20-14-18(24-21(26-20)32-2)27-34(29,30)17-11-9-16(10-12-17)23-22(33)25-19(28)13-8-15-6-4-3-5-7-15/h3-7,9-12,14H,8,13H2,1-2H3,(H3,23,24,25,26,27,28,33)/p-1. The molecular weight excluding hydrogens is 478 g/mol. The summed E-state index contributed by atoms with van der Waals surface area (Å²) in [5.74, 6) is -0.250. The van der Waals surface area contributed by atoms with E-state index in [-0.39, 0.29) is 40.0 Å². The summed E-state index contributed by atoms with van der Waals surface area (Å²) in [6, 6.07) is 16.6. The van der Waals surface area contributed by atoms with Crippen LogP contribution in [0.3, 0.4) is 0 Å². The lowest BCUT2D eigenvalue weighted by molar-refractivity contribution is -0.119. The summed E-state index contributed by atoms with van der Waals surface area (Å²) in [6.45, 7) is 0. The minimum absolute atomic E-state index is 0.0626. The SMILES string of the molecule is COc1cc([N-]S(=O)(=O)c2ccc(NC(=S)NC(=O)CCc3ccccc3)cc2)nc(OC)n1. The first-order valence-electron chi connectivity index (χ1n) is 9.99. The molecule has 0 bridgehead atoms. The maximum absolute atomic E-state index is 12.7. The molecule has 34 heavy (non-hydrogen) atoms. The van der Waals surface area contributed by atoms with Gasteiger partial charge in [-0.1, -0.05) is 30.3 Å². The maximum atomic E-state index is 12.7. The monoisotopic (exact) mass is 500 g/mol. The van der Waals surface area contributed by atoms with E-state index < -0.39 is 10.0 Å². The highest BCUT2D eigenvalue weighted by molar-refractivity contribution is 7.94. The Morgan fingerprint density at radius 2 is 1.74 bits per heavy atom. The smallest absolute Gasteiger partial charge is 0.226 e. The van der Waals surface area contributed by atoms with Gasteiger partial charge < -0.3 is 29.8 Å². The van der Waals surface area contributed by atoms with Gasteiger partial charge in [0.1, 0.15) is 0 Å². The van der Waals surface area contributed by atoms with E-state index in [1.807, 2.05) is 30.3 Å². The van der Waals surface area contributed by atoms with Crippen molar-refractivity contribution in [3.63, 3.8) is 0 Å². The summed E-state index contributed by atoms with van der Waals surface area (Å²) >= 11 is 5.17. The van der Waals surface area contributed by atoms with Crippen molar-refractivity contribution in [1.29, 1.82) is 0 Å². The lowest BCUT2D eigenvalue weighted by Gasteiger charge is -2.17. The molecule has 0 aliphatic heterocycles. The van der Waals surface area contributed by atoms with Crippen molar-refractivity contribution in [2.24, 2.45) is 0 Å². The van der Waals surface area contributed by atoms with Crippen molar-refractivity contribution in [1.82, 2.24) is 15.3 Å². The van der Waals surface area contributed by atoms with Crippen LogP contribution >= 0.6 is 12.2 Å². The molecule has 1 heterocycles. The zero-order valence-electron chi connectivity index (χ0n) is 18.4. The number of methoxy groups -OCH3 is 2. The Kier molecular flexibility index (Phi) is 8.33. The number of sulfonamides is 1. The lowest BCUT2D eigenvalue weighted by atomic mass is 10.1. The molecule has 0 aliphatic carbocycles. The third kappa shape index (κ3) is 7.12. The highest BCUT2D eigenvalue weighted by Gasteiger charge is 2.12. The number of thiocarbonyl (C=S) groups is 1. The summed E-state index contributed by atoms with van der Waals surface area (Å²) < 4.78 is 39.0. The number of rotatable bonds is 9. The van der Waals surface area contributed by atoms with Crippen molar-refractivity contribution < 1.29 is 22.7 Å². The second-order valence-corrected chi connectivity index (χ2v) is 8.85. The third-order valence-electron chi connectivity index (χ3n) is 4.42. The fourth-order valence-electron chi connectivity index (χ4n) is 2.77. The summed E-state index contributed by atoms with van der Waals surface area (Å²) in [5.41, 5.74) is 1.55. The molecule has 3 rings (SSSR count). The Balaban J connectivity index is 1.57. The zero-order chi connectivity index (χ0) is 24.6. The average molecular weight is 501 g/mol. The number of carbonyl (C=O) groups excluding carboxylic acids is 1. The van der Waals surface area contributed by atoms with Gasteiger partial charge in [-0.05, 0) is 54.3 Å². The van der Waals surface area contributed by atoms with E-state index in [4.69, 9.17) is 21.7 Å². The number of aryl methyl sites for hydroxylation is 1. The quantitative estimate of drug-likeness (QED) is 0.424. The van der Waals surface area contributed by atoms with Crippen LogP contribution in [-0.2, 0) is 21.2 Å². The fraction of sp³-hybridized carbons (Fsp3) is 0.182. The topological polar surface area (TPSA) is 134 Å². The van der Waals surface area contributed by atoms with E-state index in [1.165, 1.54) is 44.6 Å². The molecule has 178 valence electrons. The molecule has 0 unspecified atom stereocenters. The van der Waals surface area contributed by atoms with Crippen LogP contribution in [0.5, 0.6) is 11.9 Å². The Labute approximate surface area is 202 Å². The van der Waals surface area contributed by atoms with Crippen molar-refractivity contribution >= 4 is 44.8 Å². The van der Waals surface area contributed by atoms with Crippen LogP contribution in [0.15, 0.2) is 65.6 Å². The molecule has 1 aromatic heterocycles. The molecule has 12 heteroatoms. The minimum Gasteiger partial charge on any atom is -0.483 e. The second-order valence-electron chi connectivity index (χ2n) is 6.83. The molecule has 0 aliphatic rings. The van der Waals surface area contributed by atoms with Gasteiger partial charge in [-0.25, -0.2) is 8.42 Å². The number of benzene rings is 2. The van der Waals surface area contributed by atoms with Crippen molar-refractivity contribution in [2.45, 2.75) is 17.7 Å². The highest BCUT2D eigenvalue weighted by atomic mass is 32.2. The number of nitrogens with one attached hydrogen (secondary N) is 2. The van der Waals surface area contributed by atoms with Gasteiger partial charge in [0, 0.05) is 18.2 Å². The number of nitrogens with zero attached hydrogens (tertiary/aromatic N) is 3. The molecule has 0 saturated carbocycles.